The van der Waals surface area contributed by atoms with Crippen LogP contribution in [-0.4, -0.2) is 4.98 Å². The molecule has 5 aromatic rings. The summed E-state index contributed by atoms with van der Waals surface area (Å²) in [7, 11) is 0. The molecule has 2 nitrogen and oxygen atoms in total. The minimum Gasteiger partial charge on any atom is -0.455 e. The van der Waals surface area contributed by atoms with Gasteiger partial charge in [-0.2, -0.15) is 0 Å². The van der Waals surface area contributed by atoms with Crippen molar-refractivity contribution in [2.45, 2.75) is 34.0 Å². The Morgan fingerprint density at radius 1 is 1.00 bits per heavy atom. The van der Waals surface area contributed by atoms with E-state index in [1.165, 1.54) is 6.07 Å². The van der Waals surface area contributed by atoms with Crippen molar-refractivity contribution in [2.75, 3.05) is 0 Å². The molecular formula is C27H25NO. The molecule has 3 aromatic carbocycles. The molecule has 0 aliphatic carbocycles. The Hall–Kier alpha value is -3.13. The van der Waals surface area contributed by atoms with Gasteiger partial charge in [0.05, 0.1) is 7.06 Å². The average Bonchev–Trinajstić information content (AvgIpc) is 3.12. The fourth-order valence-corrected chi connectivity index (χ4v) is 3.74. The Bertz CT molecular complexity index is 1610. The largest absolute Gasteiger partial charge is 0.455 e. The number of aromatic nitrogens is 1. The second-order valence-corrected chi connectivity index (χ2v) is 8.40. The number of hydrogen-bond acceptors (Lipinski definition) is 2. The van der Waals surface area contributed by atoms with Gasteiger partial charge < -0.3 is 4.42 Å². The smallest absolute Gasteiger partial charge is 0.144 e. The predicted octanol–water partition coefficient (Wildman–Crippen LogP) is 7.70. The van der Waals surface area contributed by atoms with Gasteiger partial charge in [-0.15, -0.1) is 0 Å². The summed E-state index contributed by atoms with van der Waals surface area (Å²) in [6.07, 6.45) is -2.48. The summed E-state index contributed by atoms with van der Waals surface area (Å²) in [6.45, 7) is 2.46. The van der Waals surface area contributed by atoms with E-state index in [0.29, 0.717) is 22.4 Å². The summed E-state index contributed by atoms with van der Waals surface area (Å²) >= 11 is 0. The average molecular weight is 386 g/mol. The van der Waals surface area contributed by atoms with Gasteiger partial charge in [0.1, 0.15) is 11.2 Å². The SMILES string of the molecule is [2H]c1nc(-c2cccc3c2oc2cc4ccccc4cc23)cc(C([2H])([2H])C(C)(C)C)c1C([2H])([2H])[2H]. The highest BCUT2D eigenvalue weighted by atomic mass is 16.3. The van der Waals surface area contributed by atoms with Gasteiger partial charge in [0, 0.05) is 29.4 Å². The highest BCUT2D eigenvalue weighted by Gasteiger charge is 2.17. The molecule has 144 valence electrons. The number of furan rings is 1. The number of hydrogen-bond donors (Lipinski definition) is 0. The third-order valence-corrected chi connectivity index (χ3v) is 4.99. The van der Waals surface area contributed by atoms with Gasteiger partial charge in [0.15, 0.2) is 0 Å². The van der Waals surface area contributed by atoms with Gasteiger partial charge in [0.25, 0.3) is 0 Å². The van der Waals surface area contributed by atoms with Crippen LogP contribution in [0.1, 0.15) is 40.1 Å². The first-order valence-corrected chi connectivity index (χ1v) is 9.66. The summed E-state index contributed by atoms with van der Waals surface area (Å²) in [5, 5.41) is 3.95. The van der Waals surface area contributed by atoms with Crippen LogP contribution in [0, 0.1) is 12.3 Å². The van der Waals surface area contributed by atoms with E-state index in [0.717, 1.165) is 21.5 Å². The second kappa shape index (κ2) is 6.45. The Morgan fingerprint density at radius 3 is 2.55 bits per heavy atom. The van der Waals surface area contributed by atoms with Crippen LogP contribution in [0.25, 0.3) is 44.0 Å². The molecule has 0 spiro atoms. The van der Waals surface area contributed by atoms with Crippen molar-refractivity contribution in [3.63, 3.8) is 0 Å². The first-order chi connectivity index (χ1) is 16.3. The molecule has 0 aliphatic heterocycles. The van der Waals surface area contributed by atoms with Gasteiger partial charge in [0.2, 0.25) is 0 Å². The highest BCUT2D eigenvalue weighted by Crippen LogP contribution is 2.37. The quantitative estimate of drug-likeness (QED) is 0.311. The molecule has 0 amide bonds. The number of rotatable bonds is 2. The molecule has 0 saturated heterocycles. The van der Waals surface area contributed by atoms with E-state index in [9.17, 15) is 0 Å². The summed E-state index contributed by atoms with van der Waals surface area (Å²) < 4.78 is 56.3. The highest BCUT2D eigenvalue weighted by molar-refractivity contribution is 6.13. The molecule has 0 bridgehead atoms. The number of fused-ring (bicyclic) bond motifs is 4. The van der Waals surface area contributed by atoms with Crippen LogP contribution in [0.3, 0.4) is 0 Å². The molecule has 0 radical (unpaired) electrons. The van der Waals surface area contributed by atoms with Gasteiger partial charge in [-0.1, -0.05) is 57.2 Å². The van der Waals surface area contributed by atoms with E-state index in [4.69, 9.17) is 12.6 Å². The van der Waals surface area contributed by atoms with Crippen molar-refractivity contribution < 1.29 is 12.6 Å². The molecule has 2 aromatic heterocycles. The monoisotopic (exact) mass is 385 g/mol. The Kier molecular flexibility index (Phi) is 2.77. The molecule has 29 heavy (non-hydrogen) atoms. The van der Waals surface area contributed by atoms with E-state index in [-0.39, 0.29) is 11.1 Å². The maximum Gasteiger partial charge on any atom is 0.144 e. The molecule has 2 heteroatoms. The van der Waals surface area contributed by atoms with Gasteiger partial charge in [-0.05, 0) is 64.8 Å². The van der Waals surface area contributed by atoms with E-state index >= 15 is 0 Å². The first kappa shape index (κ1) is 12.4. The Morgan fingerprint density at radius 2 is 1.79 bits per heavy atom. The summed E-state index contributed by atoms with van der Waals surface area (Å²) in [4.78, 5) is 4.32. The summed E-state index contributed by atoms with van der Waals surface area (Å²) in [6, 6.07) is 19.2. The number of nitrogens with zero attached hydrogens (tertiary/aromatic N) is 1. The van der Waals surface area contributed by atoms with Crippen molar-refractivity contribution in [2.24, 2.45) is 5.41 Å². The molecule has 0 atom stereocenters. The number of benzene rings is 3. The van der Waals surface area contributed by atoms with Crippen LogP contribution >= 0.6 is 0 Å². The maximum absolute atomic E-state index is 8.81. The molecule has 2 heterocycles. The van der Waals surface area contributed by atoms with Gasteiger partial charge in [-0.3, -0.25) is 4.98 Å². The lowest BCUT2D eigenvalue weighted by Crippen LogP contribution is -2.10. The topological polar surface area (TPSA) is 26.0 Å². The Labute approximate surface area is 179 Å². The van der Waals surface area contributed by atoms with Crippen LogP contribution < -0.4 is 0 Å². The molecule has 0 aliphatic rings. The minimum absolute atomic E-state index is 0.0427. The van der Waals surface area contributed by atoms with Crippen molar-refractivity contribution in [1.82, 2.24) is 4.98 Å². The van der Waals surface area contributed by atoms with E-state index in [1.807, 2.05) is 42.5 Å². The maximum atomic E-state index is 8.81. The van der Waals surface area contributed by atoms with Gasteiger partial charge >= 0.3 is 0 Å². The lowest BCUT2D eigenvalue weighted by molar-refractivity contribution is 0.410. The fraction of sp³-hybridized carbons (Fsp3) is 0.222. The van der Waals surface area contributed by atoms with Crippen LogP contribution in [0.4, 0.5) is 0 Å². The fourth-order valence-electron chi connectivity index (χ4n) is 3.74. The first-order valence-electron chi connectivity index (χ1n) is 12.7. The molecule has 0 N–H and O–H groups in total. The zero-order valence-corrected chi connectivity index (χ0v) is 16.6. The van der Waals surface area contributed by atoms with Crippen LogP contribution in [0.15, 0.2) is 71.3 Å². The molecule has 0 saturated carbocycles. The zero-order valence-electron chi connectivity index (χ0n) is 22.6. The number of para-hydroxylation sites is 1. The van der Waals surface area contributed by atoms with Crippen molar-refractivity contribution in [1.29, 1.82) is 0 Å². The molecular weight excluding hydrogens is 354 g/mol. The third kappa shape index (κ3) is 3.19. The predicted molar refractivity (Wildman–Crippen MR) is 122 cm³/mol. The zero-order chi connectivity index (χ0) is 25.3. The summed E-state index contributed by atoms with van der Waals surface area (Å²) in [5.74, 6) is 0. The van der Waals surface area contributed by atoms with Crippen LogP contribution in [-0.2, 0) is 6.37 Å². The van der Waals surface area contributed by atoms with Crippen molar-refractivity contribution >= 4 is 32.7 Å². The lowest BCUT2D eigenvalue weighted by Gasteiger charge is -2.20. The van der Waals surface area contributed by atoms with Crippen LogP contribution in [0.5, 0.6) is 0 Å². The third-order valence-electron chi connectivity index (χ3n) is 4.99. The van der Waals surface area contributed by atoms with E-state index < -0.39 is 24.8 Å². The van der Waals surface area contributed by atoms with E-state index in [1.54, 1.807) is 26.8 Å². The van der Waals surface area contributed by atoms with Gasteiger partial charge in [-0.25, -0.2) is 0 Å². The van der Waals surface area contributed by atoms with E-state index in [2.05, 4.69) is 11.1 Å². The lowest BCUT2D eigenvalue weighted by atomic mass is 9.86. The second-order valence-electron chi connectivity index (χ2n) is 8.40. The van der Waals surface area contributed by atoms with Crippen molar-refractivity contribution in [3.8, 4) is 11.3 Å². The minimum atomic E-state index is -2.68. The molecule has 5 rings (SSSR count). The Balaban J connectivity index is 1.82. The van der Waals surface area contributed by atoms with Crippen molar-refractivity contribution in [3.05, 3.63) is 78.0 Å². The standard InChI is InChI=1S/C27H25NO/c1-17-16-28-24(13-20(17)15-27(2,3)4)22-11-7-10-21-23-12-18-8-5-6-9-19(18)14-25(23)29-26(21)22/h5-14,16H,15H2,1-4H3/i1D3,15D2,16D. The number of pyridine rings is 1. The molecule has 0 fully saturated rings. The normalized spacial score (nSPS) is 16.2. The summed E-state index contributed by atoms with van der Waals surface area (Å²) in [5.41, 5.74) is 0.849. The van der Waals surface area contributed by atoms with Crippen LogP contribution in [0.2, 0.25) is 0 Å². The molecule has 0 unspecified atom stereocenters.